The van der Waals surface area contributed by atoms with Gasteiger partial charge in [-0.3, -0.25) is 4.79 Å². The first kappa shape index (κ1) is 18.4. The Bertz CT molecular complexity index is 682. The third-order valence-corrected chi connectivity index (χ3v) is 4.79. The molecule has 1 fully saturated rings. The Morgan fingerprint density at radius 3 is 2.35 bits per heavy atom. The van der Waals surface area contributed by atoms with Crippen LogP contribution in [0.3, 0.4) is 0 Å². The molecule has 2 aromatic rings. The van der Waals surface area contributed by atoms with Crippen molar-refractivity contribution >= 4 is 5.91 Å². The van der Waals surface area contributed by atoms with Crippen molar-refractivity contribution < 1.29 is 9.53 Å². The lowest BCUT2D eigenvalue weighted by molar-refractivity contribution is -0.137. The van der Waals surface area contributed by atoms with Crippen molar-refractivity contribution in [2.24, 2.45) is 5.73 Å². The Hall–Kier alpha value is -2.37. The largest absolute Gasteiger partial charge is 0.484 e. The molecule has 3 rings (SSSR count). The van der Waals surface area contributed by atoms with E-state index in [-0.39, 0.29) is 18.6 Å². The van der Waals surface area contributed by atoms with Crippen molar-refractivity contribution in [2.45, 2.75) is 32.0 Å². The molecule has 1 aliphatic heterocycles. The van der Waals surface area contributed by atoms with Crippen LogP contribution in [-0.2, 0) is 17.9 Å². The summed E-state index contributed by atoms with van der Waals surface area (Å²) in [5.74, 6) is 0.752. The topological polar surface area (TPSA) is 67.6 Å². The Morgan fingerprint density at radius 2 is 1.69 bits per heavy atom. The van der Waals surface area contributed by atoms with Gasteiger partial charge in [0.05, 0.1) is 0 Å². The number of rotatable bonds is 7. The molecule has 0 spiro atoms. The van der Waals surface area contributed by atoms with Crippen LogP contribution in [0.15, 0.2) is 54.6 Å². The molecule has 0 atom stereocenters. The van der Waals surface area contributed by atoms with E-state index in [0.717, 1.165) is 42.8 Å². The van der Waals surface area contributed by atoms with Gasteiger partial charge in [-0.2, -0.15) is 0 Å². The van der Waals surface area contributed by atoms with E-state index in [2.05, 4.69) is 17.4 Å². The summed E-state index contributed by atoms with van der Waals surface area (Å²) in [6, 6.07) is 17.9. The summed E-state index contributed by atoms with van der Waals surface area (Å²) in [7, 11) is 0. The maximum atomic E-state index is 12.9. The van der Waals surface area contributed by atoms with Crippen molar-refractivity contribution in [1.82, 2.24) is 10.2 Å². The second-order valence-electron chi connectivity index (χ2n) is 6.63. The summed E-state index contributed by atoms with van der Waals surface area (Å²) in [6.45, 7) is 3.09. The maximum Gasteiger partial charge on any atom is 0.261 e. The number of benzene rings is 2. The standard InChI is InChI=1S/C21H27N3O2/c22-14-17-6-8-18(9-7-17)15-24(19-10-12-23-13-11-19)21(25)16-26-20-4-2-1-3-5-20/h1-9,19,23H,10-16,22H2. The Morgan fingerprint density at radius 1 is 1.04 bits per heavy atom. The molecule has 0 radical (unpaired) electrons. The average Bonchev–Trinajstić information content (AvgIpc) is 2.72. The monoisotopic (exact) mass is 353 g/mol. The predicted octanol–water partition coefficient (Wildman–Crippen LogP) is 2.30. The molecular weight excluding hydrogens is 326 g/mol. The normalized spacial score (nSPS) is 14.8. The molecular formula is C21H27N3O2. The van der Waals surface area contributed by atoms with Gasteiger partial charge in [0.15, 0.2) is 6.61 Å². The number of piperidine rings is 1. The first-order valence-corrected chi connectivity index (χ1v) is 9.22. The number of nitrogens with zero attached hydrogens (tertiary/aromatic N) is 1. The van der Waals surface area contributed by atoms with Gasteiger partial charge in [-0.1, -0.05) is 42.5 Å². The molecule has 138 valence electrons. The number of nitrogens with one attached hydrogen (secondary N) is 1. The number of hydrogen-bond acceptors (Lipinski definition) is 4. The minimum Gasteiger partial charge on any atom is -0.484 e. The lowest BCUT2D eigenvalue weighted by atomic mass is 10.0. The van der Waals surface area contributed by atoms with Gasteiger partial charge in [0, 0.05) is 19.1 Å². The lowest BCUT2D eigenvalue weighted by Gasteiger charge is -2.35. The first-order chi connectivity index (χ1) is 12.8. The van der Waals surface area contributed by atoms with E-state index in [9.17, 15) is 4.79 Å². The number of carbonyl (C=O) groups is 1. The van der Waals surface area contributed by atoms with Crippen molar-refractivity contribution in [2.75, 3.05) is 19.7 Å². The lowest BCUT2D eigenvalue weighted by Crippen LogP contribution is -2.47. The molecule has 0 aromatic heterocycles. The molecule has 5 nitrogen and oxygen atoms in total. The first-order valence-electron chi connectivity index (χ1n) is 9.22. The van der Waals surface area contributed by atoms with Crippen molar-refractivity contribution in [3.05, 3.63) is 65.7 Å². The molecule has 1 amide bonds. The van der Waals surface area contributed by atoms with E-state index in [0.29, 0.717) is 13.1 Å². The van der Waals surface area contributed by atoms with Gasteiger partial charge >= 0.3 is 0 Å². The van der Waals surface area contributed by atoms with Crippen LogP contribution in [0.1, 0.15) is 24.0 Å². The van der Waals surface area contributed by atoms with Crippen LogP contribution in [0.25, 0.3) is 0 Å². The number of amides is 1. The molecule has 0 unspecified atom stereocenters. The molecule has 1 heterocycles. The van der Waals surface area contributed by atoms with Gasteiger partial charge < -0.3 is 20.7 Å². The highest BCUT2D eigenvalue weighted by molar-refractivity contribution is 5.78. The second kappa shape index (κ2) is 9.36. The molecule has 0 saturated carbocycles. The molecule has 1 saturated heterocycles. The Labute approximate surface area is 155 Å². The van der Waals surface area contributed by atoms with Crippen molar-refractivity contribution in [1.29, 1.82) is 0 Å². The van der Waals surface area contributed by atoms with E-state index in [4.69, 9.17) is 10.5 Å². The van der Waals surface area contributed by atoms with Crippen LogP contribution in [0.5, 0.6) is 5.75 Å². The molecule has 26 heavy (non-hydrogen) atoms. The highest BCUT2D eigenvalue weighted by atomic mass is 16.5. The fourth-order valence-electron chi connectivity index (χ4n) is 3.26. The minimum atomic E-state index is 0.0312. The molecule has 0 bridgehead atoms. The summed E-state index contributed by atoms with van der Waals surface area (Å²) in [6.07, 6.45) is 1.94. The zero-order valence-corrected chi connectivity index (χ0v) is 15.1. The molecule has 1 aliphatic rings. The van der Waals surface area contributed by atoms with Gasteiger partial charge in [-0.25, -0.2) is 0 Å². The highest BCUT2D eigenvalue weighted by Gasteiger charge is 2.25. The van der Waals surface area contributed by atoms with E-state index >= 15 is 0 Å². The summed E-state index contributed by atoms with van der Waals surface area (Å²) >= 11 is 0. The maximum absolute atomic E-state index is 12.9. The molecule has 5 heteroatoms. The van der Waals surface area contributed by atoms with Crippen LogP contribution >= 0.6 is 0 Å². The van der Waals surface area contributed by atoms with E-state index in [1.807, 2.05) is 47.4 Å². The van der Waals surface area contributed by atoms with Gasteiger partial charge in [-0.15, -0.1) is 0 Å². The van der Waals surface area contributed by atoms with Gasteiger partial charge in [0.2, 0.25) is 0 Å². The number of hydrogen-bond donors (Lipinski definition) is 2. The second-order valence-corrected chi connectivity index (χ2v) is 6.63. The smallest absolute Gasteiger partial charge is 0.261 e. The third kappa shape index (κ3) is 5.07. The summed E-state index contributed by atoms with van der Waals surface area (Å²) in [4.78, 5) is 14.9. The number of carbonyl (C=O) groups excluding carboxylic acids is 1. The summed E-state index contributed by atoms with van der Waals surface area (Å²) in [5, 5.41) is 3.36. The van der Waals surface area contributed by atoms with Crippen molar-refractivity contribution in [3.63, 3.8) is 0 Å². The Balaban J connectivity index is 1.68. The minimum absolute atomic E-state index is 0.0312. The van der Waals surface area contributed by atoms with Crippen LogP contribution in [0, 0.1) is 0 Å². The van der Waals surface area contributed by atoms with Crippen LogP contribution < -0.4 is 15.8 Å². The Kier molecular flexibility index (Phi) is 6.63. The van der Waals surface area contributed by atoms with Gasteiger partial charge in [0.1, 0.15) is 5.75 Å². The number of para-hydroxylation sites is 1. The van der Waals surface area contributed by atoms with Gasteiger partial charge in [-0.05, 0) is 49.2 Å². The molecule has 3 N–H and O–H groups in total. The molecule has 0 aliphatic carbocycles. The number of nitrogens with two attached hydrogens (primary N) is 1. The average molecular weight is 353 g/mol. The highest BCUT2D eigenvalue weighted by Crippen LogP contribution is 2.17. The fraction of sp³-hybridized carbons (Fsp3) is 0.381. The van der Waals surface area contributed by atoms with Crippen LogP contribution in [0.2, 0.25) is 0 Å². The van der Waals surface area contributed by atoms with Crippen molar-refractivity contribution in [3.8, 4) is 5.75 Å². The predicted molar refractivity (Wildman–Crippen MR) is 103 cm³/mol. The molecule has 2 aromatic carbocycles. The van der Waals surface area contributed by atoms with Crippen LogP contribution in [-0.4, -0.2) is 36.5 Å². The summed E-state index contributed by atoms with van der Waals surface area (Å²) in [5.41, 5.74) is 7.89. The zero-order chi connectivity index (χ0) is 18.2. The third-order valence-electron chi connectivity index (χ3n) is 4.79. The van der Waals surface area contributed by atoms with E-state index in [1.165, 1.54) is 0 Å². The quantitative estimate of drug-likeness (QED) is 0.802. The fourth-order valence-corrected chi connectivity index (χ4v) is 3.26. The summed E-state index contributed by atoms with van der Waals surface area (Å²) < 4.78 is 5.69. The SMILES string of the molecule is NCc1ccc(CN(C(=O)COc2ccccc2)C2CCNCC2)cc1. The zero-order valence-electron chi connectivity index (χ0n) is 15.1. The number of ether oxygens (including phenoxy) is 1. The van der Waals surface area contributed by atoms with Crippen LogP contribution in [0.4, 0.5) is 0 Å². The van der Waals surface area contributed by atoms with E-state index < -0.39 is 0 Å². The van der Waals surface area contributed by atoms with E-state index in [1.54, 1.807) is 0 Å². The van der Waals surface area contributed by atoms with Gasteiger partial charge in [0.25, 0.3) is 5.91 Å².